The molecule has 18 heavy (non-hydrogen) atoms. The maximum absolute atomic E-state index is 11.7. The highest BCUT2D eigenvalue weighted by atomic mass is 16.2. The van der Waals surface area contributed by atoms with Crippen LogP contribution in [0.1, 0.15) is 17.3 Å². The van der Waals surface area contributed by atoms with Gasteiger partial charge in [-0.05, 0) is 13.0 Å². The molecule has 0 radical (unpaired) electrons. The maximum atomic E-state index is 11.7. The molecule has 98 valence electrons. The van der Waals surface area contributed by atoms with Gasteiger partial charge >= 0.3 is 0 Å². The summed E-state index contributed by atoms with van der Waals surface area (Å²) in [7, 11) is 3.32. The molecule has 1 aromatic rings. The topological polar surface area (TPSA) is 114 Å². The molecule has 0 bridgehead atoms. The minimum atomic E-state index is -0.635. The number of primary amides is 1. The van der Waals surface area contributed by atoms with Gasteiger partial charge in [-0.25, -0.2) is 4.98 Å². The van der Waals surface area contributed by atoms with E-state index >= 15 is 0 Å². The fourth-order valence-corrected chi connectivity index (χ4v) is 1.43. The van der Waals surface area contributed by atoms with E-state index in [4.69, 9.17) is 11.5 Å². The standard InChI is InChI=1S/C11H17N5O2/c1-6(11(18)16(2)3)15-9-4-7(10(13)17)8(12)5-14-9/h4-6H,12H2,1-3H3,(H2,13,17)(H,14,15). The van der Waals surface area contributed by atoms with Crippen molar-refractivity contribution in [1.82, 2.24) is 9.88 Å². The van der Waals surface area contributed by atoms with E-state index in [0.717, 1.165) is 0 Å². The zero-order valence-electron chi connectivity index (χ0n) is 10.6. The van der Waals surface area contributed by atoms with Crippen molar-refractivity contribution in [2.45, 2.75) is 13.0 Å². The largest absolute Gasteiger partial charge is 0.397 e. The average Bonchev–Trinajstić information content (AvgIpc) is 2.29. The lowest BCUT2D eigenvalue weighted by Crippen LogP contribution is -2.36. The number of nitrogens with zero attached hydrogens (tertiary/aromatic N) is 2. The van der Waals surface area contributed by atoms with E-state index in [9.17, 15) is 9.59 Å². The number of pyridine rings is 1. The van der Waals surface area contributed by atoms with Gasteiger partial charge in [-0.2, -0.15) is 0 Å². The van der Waals surface area contributed by atoms with Gasteiger partial charge in [0, 0.05) is 14.1 Å². The van der Waals surface area contributed by atoms with Crippen LogP contribution in [0, 0.1) is 0 Å². The second-order valence-electron chi connectivity index (χ2n) is 4.12. The Morgan fingerprint density at radius 1 is 1.44 bits per heavy atom. The van der Waals surface area contributed by atoms with Gasteiger partial charge in [-0.1, -0.05) is 0 Å². The van der Waals surface area contributed by atoms with Crippen LogP contribution >= 0.6 is 0 Å². The molecule has 5 N–H and O–H groups in total. The molecule has 1 atom stereocenters. The Kier molecular flexibility index (Phi) is 4.09. The van der Waals surface area contributed by atoms with E-state index in [1.54, 1.807) is 21.0 Å². The first-order valence-corrected chi connectivity index (χ1v) is 5.36. The van der Waals surface area contributed by atoms with Crippen molar-refractivity contribution >= 4 is 23.3 Å². The van der Waals surface area contributed by atoms with Gasteiger partial charge in [0.1, 0.15) is 11.9 Å². The lowest BCUT2D eigenvalue weighted by Gasteiger charge is -2.18. The fourth-order valence-electron chi connectivity index (χ4n) is 1.43. The third-order valence-electron chi connectivity index (χ3n) is 2.38. The quantitative estimate of drug-likeness (QED) is 0.676. The third kappa shape index (κ3) is 3.09. The molecule has 0 saturated carbocycles. The molecule has 7 nitrogen and oxygen atoms in total. The van der Waals surface area contributed by atoms with Gasteiger partial charge in [0.15, 0.2) is 0 Å². The van der Waals surface area contributed by atoms with E-state index in [0.29, 0.717) is 5.82 Å². The zero-order valence-corrected chi connectivity index (χ0v) is 10.6. The summed E-state index contributed by atoms with van der Waals surface area (Å²) in [5, 5.41) is 2.88. The smallest absolute Gasteiger partial charge is 0.250 e. The molecule has 1 aromatic heterocycles. The molecule has 0 aliphatic heterocycles. The normalized spacial score (nSPS) is 11.7. The summed E-state index contributed by atoms with van der Waals surface area (Å²) in [4.78, 5) is 28.2. The van der Waals surface area contributed by atoms with Crippen LogP contribution in [0.5, 0.6) is 0 Å². The number of carbonyl (C=O) groups is 2. The number of anilines is 2. The third-order valence-corrected chi connectivity index (χ3v) is 2.38. The van der Waals surface area contributed by atoms with Gasteiger partial charge in [-0.3, -0.25) is 9.59 Å². The summed E-state index contributed by atoms with van der Waals surface area (Å²) in [6.07, 6.45) is 1.33. The van der Waals surface area contributed by atoms with Crippen molar-refractivity contribution in [3.05, 3.63) is 17.8 Å². The van der Waals surface area contributed by atoms with Crippen LogP contribution in [-0.2, 0) is 4.79 Å². The van der Waals surface area contributed by atoms with Crippen molar-refractivity contribution in [3.63, 3.8) is 0 Å². The molecule has 1 heterocycles. The number of carbonyl (C=O) groups excluding carboxylic acids is 2. The highest BCUT2D eigenvalue weighted by molar-refractivity contribution is 5.98. The molecule has 1 rings (SSSR count). The first kappa shape index (κ1) is 13.8. The van der Waals surface area contributed by atoms with Crippen molar-refractivity contribution < 1.29 is 9.59 Å². The number of likely N-dealkylation sites (N-methyl/N-ethyl adjacent to an activating group) is 1. The van der Waals surface area contributed by atoms with Crippen molar-refractivity contribution in [1.29, 1.82) is 0 Å². The van der Waals surface area contributed by atoms with Gasteiger partial charge in [-0.15, -0.1) is 0 Å². The molecule has 7 heteroatoms. The van der Waals surface area contributed by atoms with Crippen LogP contribution in [0.2, 0.25) is 0 Å². The van der Waals surface area contributed by atoms with E-state index in [2.05, 4.69) is 10.3 Å². The second-order valence-corrected chi connectivity index (χ2v) is 4.12. The number of hydrogen-bond donors (Lipinski definition) is 3. The summed E-state index contributed by atoms with van der Waals surface area (Å²) in [6, 6.07) is 0.966. The zero-order chi connectivity index (χ0) is 13.9. The number of rotatable bonds is 4. The Labute approximate surface area is 105 Å². The Morgan fingerprint density at radius 3 is 2.56 bits per heavy atom. The lowest BCUT2D eigenvalue weighted by molar-refractivity contribution is -0.129. The summed E-state index contributed by atoms with van der Waals surface area (Å²) in [6.45, 7) is 1.70. The monoisotopic (exact) mass is 251 g/mol. The van der Waals surface area contributed by atoms with Gasteiger partial charge in [0.05, 0.1) is 17.4 Å². The number of hydrogen-bond acceptors (Lipinski definition) is 5. The number of amides is 2. The molecule has 0 aliphatic rings. The molecule has 0 spiro atoms. The fraction of sp³-hybridized carbons (Fsp3) is 0.364. The van der Waals surface area contributed by atoms with Crippen LogP contribution in [0.3, 0.4) is 0 Å². The minimum absolute atomic E-state index is 0.103. The molecule has 0 aliphatic carbocycles. The average molecular weight is 251 g/mol. The van der Waals surface area contributed by atoms with Gasteiger partial charge < -0.3 is 21.7 Å². The van der Waals surface area contributed by atoms with Crippen molar-refractivity contribution in [3.8, 4) is 0 Å². The molecule has 0 aromatic carbocycles. The first-order chi connectivity index (χ1) is 8.32. The van der Waals surface area contributed by atoms with Gasteiger partial charge in [0.25, 0.3) is 5.91 Å². The lowest BCUT2D eigenvalue weighted by atomic mass is 10.2. The van der Waals surface area contributed by atoms with Crippen LogP contribution in [0.4, 0.5) is 11.5 Å². The summed E-state index contributed by atoms with van der Waals surface area (Å²) < 4.78 is 0. The Morgan fingerprint density at radius 2 is 2.06 bits per heavy atom. The Hall–Kier alpha value is -2.31. The second kappa shape index (κ2) is 5.35. The van der Waals surface area contributed by atoms with Crippen molar-refractivity contribution in [2.75, 3.05) is 25.1 Å². The van der Waals surface area contributed by atoms with Crippen LogP contribution in [0.25, 0.3) is 0 Å². The minimum Gasteiger partial charge on any atom is -0.397 e. The molecular weight excluding hydrogens is 234 g/mol. The first-order valence-electron chi connectivity index (χ1n) is 5.36. The SMILES string of the molecule is CC(Nc1cc(C(N)=O)c(N)cn1)C(=O)N(C)C. The highest BCUT2D eigenvalue weighted by Gasteiger charge is 2.16. The number of nitrogens with two attached hydrogens (primary N) is 2. The molecular formula is C11H17N5O2. The maximum Gasteiger partial charge on any atom is 0.250 e. The predicted molar refractivity (Wildman–Crippen MR) is 68.9 cm³/mol. The van der Waals surface area contributed by atoms with E-state index in [1.807, 2.05) is 0 Å². The summed E-state index contributed by atoms with van der Waals surface area (Å²) in [5.41, 5.74) is 11.1. The van der Waals surface area contributed by atoms with E-state index < -0.39 is 11.9 Å². The number of aromatic nitrogens is 1. The molecule has 2 amide bonds. The number of nitrogens with one attached hydrogen (secondary N) is 1. The van der Waals surface area contributed by atoms with Crippen LogP contribution < -0.4 is 16.8 Å². The Balaban J connectivity index is 2.89. The van der Waals surface area contributed by atoms with E-state index in [1.165, 1.54) is 17.2 Å². The number of nitrogen functional groups attached to an aromatic ring is 1. The summed E-state index contributed by atoms with van der Waals surface area (Å²) in [5.74, 6) is -0.362. The Bertz CT molecular complexity index is 473. The summed E-state index contributed by atoms with van der Waals surface area (Å²) >= 11 is 0. The van der Waals surface area contributed by atoms with Crippen LogP contribution in [-0.4, -0.2) is 41.8 Å². The van der Waals surface area contributed by atoms with Gasteiger partial charge in [0.2, 0.25) is 5.91 Å². The molecule has 0 saturated heterocycles. The molecule has 0 fully saturated rings. The molecule has 1 unspecified atom stereocenters. The van der Waals surface area contributed by atoms with Crippen molar-refractivity contribution in [2.24, 2.45) is 5.73 Å². The van der Waals surface area contributed by atoms with Crippen LogP contribution in [0.15, 0.2) is 12.3 Å². The predicted octanol–water partition coefficient (Wildman–Crippen LogP) is -0.349. The highest BCUT2D eigenvalue weighted by Crippen LogP contribution is 2.15. The van der Waals surface area contributed by atoms with E-state index in [-0.39, 0.29) is 17.2 Å².